The summed E-state index contributed by atoms with van der Waals surface area (Å²) in [6.07, 6.45) is 2.58. The van der Waals surface area contributed by atoms with Crippen LogP contribution in [0.5, 0.6) is 0 Å². The third kappa shape index (κ3) is 4.77. The Morgan fingerprint density at radius 1 is 1.07 bits per heavy atom. The fourth-order valence-electron chi connectivity index (χ4n) is 3.32. The molecule has 1 aliphatic carbocycles. The van der Waals surface area contributed by atoms with Crippen molar-refractivity contribution in [3.05, 3.63) is 59.7 Å². The van der Waals surface area contributed by atoms with Gasteiger partial charge in [-0.1, -0.05) is 24.3 Å². The summed E-state index contributed by atoms with van der Waals surface area (Å²) in [4.78, 5) is 12.8. The van der Waals surface area contributed by atoms with Gasteiger partial charge in [-0.05, 0) is 81.7 Å². The predicted octanol–water partition coefficient (Wildman–Crippen LogP) is 4.16. The van der Waals surface area contributed by atoms with Crippen LogP contribution in [0.2, 0.25) is 0 Å². The maximum atomic E-state index is 12.8. The fraction of sp³-hybridized carbons (Fsp3) is 0.458. The molecule has 1 saturated heterocycles. The first-order valence-electron chi connectivity index (χ1n) is 10.7. The van der Waals surface area contributed by atoms with Gasteiger partial charge in [-0.3, -0.25) is 4.79 Å². The lowest BCUT2D eigenvalue weighted by Crippen LogP contribution is -2.41. The normalized spacial score (nSPS) is 19.7. The van der Waals surface area contributed by atoms with E-state index in [9.17, 15) is 4.79 Å². The lowest BCUT2D eigenvalue weighted by molar-refractivity contribution is 0.00578. The molecule has 1 aliphatic heterocycles. The average Bonchev–Trinajstić information content (AvgIpc) is 3.49. The number of ether oxygens (including phenoxy) is 1. The van der Waals surface area contributed by atoms with Crippen molar-refractivity contribution in [2.75, 3.05) is 11.9 Å². The smallest absolute Gasteiger partial charge is 0.399 e. The molecule has 0 aromatic heterocycles. The molecule has 2 aliphatic rings. The van der Waals surface area contributed by atoms with E-state index in [0.717, 1.165) is 29.2 Å². The number of hydrogen-bond donors (Lipinski definition) is 1. The van der Waals surface area contributed by atoms with Gasteiger partial charge in [0.1, 0.15) is 0 Å². The number of nitrogens with one attached hydrogen (secondary N) is 1. The van der Waals surface area contributed by atoms with Gasteiger partial charge in [0.25, 0.3) is 5.91 Å². The summed E-state index contributed by atoms with van der Waals surface area (Å²) in [6, 6.07) is 15.2. The van der Waals surface area contributed by atoms with Crippen LogP contribution in [0.3, 0.4) is 0 Å². The Hall–Kier alpha value is -2.15. The first-order valence-corrected chi connectivity index (χ1v) is 10.7. The quantitative estimate of drug-likeness (QED) is 0.701. The van der Waals surface area contributed by atoms with E-state index in [1.807, 2.05) is 70.2 Å². The van der Waals surface area contributed by atoms with Gasteiger partial charge in [-0.25, -0.2) is 0 Å². The fourth-order valence-corrected chi connectivity index (χ4v) is 3.32. The third-order valence-corrected chi connectivity index (χ3v) is 6.21. The second kappa shape index (κ2) is 8.18. The van der Waals surface area contributed by atoms with Crippen molar-refractivity contribution in [3.63, 3.8) is 0 Å². The zero-order valence-electron chi connectivity index (χ0n) is 18.2. The molecule has 0 unspecified atom stereocenters. The molecule has 1 amide bonds. The minimum absolute atomic E-state index is 0.161. The maximum Gasteiger partial charge on any atom is 0.494 e. The minimum Gasteiger partial charge on any atom is -0.399 e. The molecule has 2 aromatic rings. The SMILES string of the molecule is CC1(C)OB(c2cccc(C(=O)Nc3ccc(COCC4CC4)cc3)c2)OC1(C)C. The maximum absolute atomic E-state index is 12.8. The summed E-state index contributed by atoms with van der Waals surface area (Å²) < 4.78 is 17.9. The molecular formula is C24H30BNO4. The van der Waals surface area contributed by atoms with E-state index in [1.54, 1.807) is 6.07 Å². The third-order valence-electron chi connectivity index (χ3n) is 6.21. The van der Waals surface area contributed by atoms with Gasteiger partial charge >= 0.3 is 7.12 Å². The number of amides is 1. The summed E-state index contributed by atoms with van der Waals surface area (Å²) in [5, 5.41) is 2.96. The molecule has 158 valence electrons. The lowest BCUT2D eigenvalue weighted by Gasteiger charge is -2.32. The van der Waals surface area contributed by atoms with Crippen molar-refractivity contribution in [1.82, 2.24) is 0 Å². The van der Waals surface area contributed by atoms with Crippen molar-refractivity contribution in [2.24, 2.45) is 5.92 Å². The van der Waals surface area contributed by atoms with Gasteiger partial charge in [-0.15, -0.1) is 0 Å². The van der Waals surface area contributed by atoms with E-state index in [1.165, 1.54) is 12.8 Å². The number of benzene rings is 2. The molecule has 2 aromatic carbocycles. The van der Waals surface area contributed by atoms with Crippen LogP contribution in [0.25, 0.3) is 0 Å². The van der Waals surface area contributed by atoms with Gasteiger partial charge in [0.15, 0.2) is 0 Å². The predicted molar refractivity (Wildman–Crippen MR) is 119 cm³/mol. The van der Waals surface area contributed by atoms with Crippen molar-refractivity contribution in [2.45, 2.75) is 58.3 Å². The molecule has 6 heteroatoms. The number of rotatable bonds is 7. The van der Waals surface area contributed by atoms with E-state index >= 15 is 0 Å². The van der Waals surface area contributed by atoms with E-state index in [-0.39, 0.29) is 5.91 Å². The number of carbonyl (C=O) groups is 1. The monoisotopic (exact) mass is 407 g/mol. The first-order chi connectivity index (χ1) is 14.2. The van der Waals surface area contributed by atoms with Crippen molar-refractivity contribution >= 4 is 24.2 Å². The largest absolute Gasteiger partial charge is 0.494 e. The van der Waals surface area contributed by atoms with Crippen LogP contribution < -0.4 is 10.8 Å². The zero-order chi connectivity index (χ0) is 21.4. The van der Waals surface area contributed by atoms with Crippen LogP contribution in [-0.2, 0) is 20.7 Å². The summed E-state index contributed by atoms with van der Waals surface area (Å²) in [5.41, 5.74) is 2.44. The van der Waals surface area contributed by atoms with Gasteiger partial charge in [0.2, 0.25) is 0 Å². The van der Waals surface area contributed by atoms with Crippen molar-refractivity contribution < 1.29 is 18.8 Å². The van der Waals surface area contributed by atoms with Gasteiger partial charge in [-0.2, -0.15) is 0 Å². The Morgan fingerprint density at radius 2 is 1.73 bits per heavy atom. The van der Waals surface area contributed by atoms with E-state index in [4.69, 9.17) is 14.0 Å². The highest BCUT2D eigenvalue weighted by Crippen LogP contribution is 2.36. The highest BCUT2D eigenvalue weighted by molar-refractivity contribution is 6.62. The van der Waals surface area contributed by atoms with Crippen LogP contribution in [0.4, 0.5) is 5.69 Å². The molecule has 1 saturated carbocycles. The molecule has 2 fully saturated rings. The Labute approximate surface area is 179 Å². The number of anilines is 1. The Morgan fingerprint density at radius 3 is 2.37 bits per heavy atom. The summed E-state index contributed by atoms with van der Waals surface area (Å²) in [6.45, 7) is 9.53. The van der Waals surface area contributed by atoms with E-state index < -0.39 is 18.3 Å². The van der Waals surface area contributed by atoms with E-state index in [0.29, 0.717) is 12.2 Å². The van der Waals surface area contributed by atoms with Crippen molar-refractivity contribution in [3.8, 4) is 0 Å². The molecular weight excluding hydrogens is 377 g/mol. The average molecular weight is 407 g/mol. The van der Waals surface area contributed by atoms with Crippen LogP contribution >= 0.6 is 0 Å². The van der Waals surface area contributed by atoms with Crippen molar-refractivity contribution in [1.29, 1.82) is 0 Å². The Balaban J connectivity index is 1.37. The first kappa shape index (κ1) is 21.1. The standard InChI is InChI=1S/C24H30BNO4/c1-23(2)24(3,4)30-25(29-23)20-7-5-6-19(14-20)22(27)26-21-12-10-18(11-13-21)16-28-15-17-8-9-17/h5-7,10-14,17H,8-9,15-16H2,1-4H3,(H,26,27). The molecule has 0 atom stereocenters. The van der Waals surface area contributed by atoms with Gasteiger partial charge in [0.05, 0.1) is 17.8 Å². The zero-order valence-corrected chi connectivity index (χ0v) is 18.2. The summed E-state index contributed by atoms with van der Waals surface area (Å²) in [7, 11) is -0.488. The van der Waals surface area contributed by atoms with Gasteiger partial charge in [0, 0.05) is 17.9 Å². The topological polar surface area (TPSA) is 56.8 Å². The lowest BCUT2D eigenvalue weighted by atomic mass is 9.78. The number of carbonyl (C=O) groups excluding carboxylic acids is 1. The molecule has 0 radical (unpaired) electrons. The molecule has 0 spiro atoms. The molecule has 0 bridgehead atoms. The number of hydrogen-bond acceptors (Lipinski definition) is 4. The minimum atomic E-state index is -0.488. The Bertz CT molecular complexity index is 890. The van der Waals surface area contributed by atoms with Crippen LogP contribution in [-0.4, -0.2) is 30.8 Å². The second-order valence-electron chi connectivity index (χ2n) is 9.32. The second-order valence-corrected chi connectivity index (χ2v) is 9.32. The van der Waals surface area contributed by atoms with Crippen LogP contribution in [0, 0.1) is 5.92 Å². The highest BCUT2D eigenvalue weighted by Gasteiger charge is 2.51. The van der Waals surface area contributed by atoms with Gasteiger partial charge < -0.3 is 19.4 Å². The molecule has 1 heterocycles. The molecule has 30 heavy (non-hydrogen) atoms. The Kier molecular flexibility index (Phi) is 5.75. The highest BCUT2D eigenvalue weighted by atomic mass is 16.7. The molecule has 5 nitrogen and oxygen atoms in total. The molecule has 4 rings (SSSR count). The van der Waals surface area contributed by atoms with Crippen LogP contribution in [0.1, 0.15) is 56.5 Å². The van der Waals surface area contributed by atoms with E-state index in [2.05, 4.69) is 5.32 Å². The summed E-state index contributed by atoms with van der Waals surface area (Å²) >= 11 is 0. The molecule has 1 N–H and O–H groups in total. The summed E-state index contributed by atoms with van der Waals surface area (Å²) in [5.74, 6) is 0.600. The van der Waals surface area contributed by atoms with Crippen LogP contribution in [0.15, 0.2) is 48.5 Å².